The Bertz CT molecular complexity index is 737. The smallest absolute Gasteiger partial charge is 0.255 e. The van der Waals surface area contributed by atoms with Gasteiger partial charge in [-0.25, -0.2) is 0 Å². The van der Waals surface area contributed by atoms with E-state index in [2.05, 4.69) is 15.3 Å². The summed E-state index contributed by atoms with van der Waals surface area (Å²) in [4.78, 5) is 29.7. The minimum Gasteiger partial charge on any atom is -0.399 e. The van der Waals surface area contributed by atoms with Gasteiger partial charge in [0.15, 0.2) is 0 Å². The molecule has 0 heterocycles. The first kappa shape index (κ1) is 17.2. The van der Waals surface area contributed by atoms with E-state index in [0.717, 1.165) is 11.3 Å². The first-order chi connectivity index (χ1) is 11.5. The molecular weight excluding hydrogens is 306 g/mol. The maximum absolute atomic E-state index is 12.2. The summed E-state index contributed by atoms with van der Waals surface area (Å²) >= 11 is 0. The fourth-order valence-electron chi connectivity index (χ4n) is 1.99. The summed E-state index contributed by atoms with van der Waals surface area (Å²) in [6.45, 7) is 1.50. The van der Waals surface area contributed by atoms with Crippen LogP contribution >= 0.6 is 0 Å². The third kappa shape index (κ3) is 4.42. The molecule has 0 spiro atoms. The molecule has 0 atom stereocenters. The lowest BCUT2D eigenvalue weighted by molar-refractivity contribution is -0.116. The van der Waals surface area contributed by atoms with Crippen molar-refractivity contribution in [3.63, 3.8) is 0 Å². The molecule has 6 nitrogen and oxygen atoms in total. The maximum Gasteiger partial charge on any atom is 0.255 e. The molecule has 24 heavy (non-hydrogen) atoms. The van der Waals surface area contributed by atoms with E-state index in [4.69, 9.17) is 0 Å². The largest absolute Gasteiger partial charge is 0.399 e. The molecule has 0 fully saturated rings. The van der Waals surface area contributed by atoms with Crippen LogP contribution in [0.4, 0.5) is 11.4 Å². The van der Waals surface area contributed by atoms with E-state index in [1.165, 1.54) is 18.9 Å². The van der Waals surface area contributed by atoms with Crippen LogP contribution in [0.25, 0.3) is 0 Å². The van der Waals surface area contributed by atoms with E-state index in [9.17, 15) is 9.59 Å². The van der Waals surface area contributed by atoms with Crippen molar-refractivity contribution in [1.29, 1.82) is 0 Å². The topological polar surface area (TPSA) is 71.0 Å². The van der Waals surface area contributed by atoms with Crippen molar-refractivity contribution >= 4 is 29.4 Å². The van der Waals surface area contributed by atoms with Crippen molar-refractivity contribution in [2.45, 2.75) is 6.92 Å². The minimum absolute atomic E-state index is 0.0520. The van der Waals surface area contributed by atoms with Crippen LogP contribution < -0.4 is 10.2 Å². The van der Waals surface area contributed by atoms with Crippen molar-refractivity contribution in [3.05, 3.63) is 59.7 Å². The van der Waals surface area contributed by atoms with E-state index >= 15 is 0 Å². The number of hydrogen-bond donors (Lipinski definition) is 1. The van der Waals surface area contributed by atoms with E-state index in [1.807, 2.05) is 0 Å². The Morgan fingerprint density at radius 2 is 1.71 bits per heavy atom. The van der Waals surface area contributed by atoms with E-state index in [1.54, 1.807) is 61.8 Å². The monoisotopic (exact) mass is 325 g/mol. The molecule has 0 aliphatic rings. The molecule has 124 valence electrons. The maximum atomic E-state index is 12.2. The lowest BCUT2D eigenvalue weighted by Gasteiger charge is -2.15. The fraction of sp³-hybridized carbons (Fsp3) is 0.167. The summed E-state index contributed by atoms with van der Waals surface area (Å²) in [7, 11) is 3.17. The zero-order chi connectivity index (χ0) is 17.5. The average Bonchev–Trinajstić information content (AvgIpc) is 2.60. The summed E-state index contributed by atoms with van der Waals surface area (Å²) in [6.07, 6.45) is 1.56. The summed E-state index contributed by atoms with van der Waals surface area (Å²) in [5, 5.41) is 6.48. The quantitative estimate of drug-likeness (QED) is 0.679. The number of hydrogen-bond acceptors (Lipinski definition) is 4. The lowest BCUT2D eigenvalue weighted by Crippen LogP contribution is -2.22. The standard InChI is InChI=1S/C18H19N3O3/c1-13(22)21(2)17-10-8-16(9-11-17)20-18(23)15-6-4-14(5-7-15)12-19-24-3/h4-12H,1-3H3,(H,20,23). The average molecular weight is 325 g/mol. The van der Waals surface area contributed by atoms with Crippen LogP contribution in [0, 0.1) is 0 Å². The normalized spacial score (nSPS) is 10.5. The van der Waals surface area contributed by atoms with Crippen molar-refractivity contribution in [1.82, 2.24) is 0 Å². The van der Waals surface area contributed by atoms with Gasteiger partial charge in [-0.05, 0) is 42.0 Å². The lowest BCUT2D eigenvalue weighted by atomic mass is 10.1. The molecule has 0 saturated carbocycles. The molecule has 2 rings (SSSR count). The van der Waals surface area contributed by atoms with Crippen molar-refractivity contribution in [3.8, 4) is 0 Å². The minimum atomic E-state index is -0.210. The Morgan fingerprint density at radius 1 is 1.08 bits per heavy atom. The van der Waals surface area contributed by atoms with Gasteiger partial charge in [0.2, 0.25) is 5.91 Å². The first-order valence-corrected chi connectivity index (χ1v) is 7.33. The zero-order valence-electron chi connectivity index (χ0n) is 13.8. The van der Waals surface area contributed by atoms with Crippen LogP contribution in [0.5, 0.6) is 0 Å². The highest BCUT2D eigenvalue weighted by atomic mass is 16.6. The van der Waals surface area contributed by atoms with Gasteiger partial charge in [0.05, 0.1) is 6.21 Å². The van der Waals surface area contributed by atoms with E-state index in [-0.39, 0.29) is 11.8 Å². The van der Waals surface area contributed by atoms with Gasteiger partial charge >= 0.3 is 0 Å². The van der Waals surface area contributed by atoms with Gasteiger partial charge < -0.3 is 15.1 Å². The highest BCUT2D eigenvalue weighted by molar-refractivity contribution is 6.04. The summed E-state index contributed by atoms with van der Waals surface area (Å²) in [6, 6.07) is 14.1. The molecule has 0 aliphatic carbocycles. The highest BCUT2D eigenvalue weighted by Gasteiger charge is 2.08. The summed E-state index contributed by atoms with van der Waals surface area (Å²) in [5.41, 5.74) is 2.80. The summed E-state index contributed by atoms with van der Waals surface area (Å²) < 4.78 is 0. The third-order valence-electron chi connectivity index (χ3n) is 3.46. The SMILES string of the molecule is CON=Cc1ccc(C(=O)Nc2ccc(N(C)C(C)=O)cc2)cc1. The predicted molar refractivity (Wildman–Crippen MR) is 94.5 cm³/mol. The molecule has 0 bridgehead atoms. The van der Waals surface area contributed by atoms with E-state index < -0.39 is 0 Å². The number of amides is 2. The second-order valence-electron chi connectivity index (χ2n) is 5.12. The van der Waals surface area contributed by atoms with Crippen LogP contribution in [0.1, 0.15) is 22.8 Å². The van der Waals surface area contributed by atoms with Gasteiger partial charge in [-0.2, -0.15) is 0 Å². The molecular formula is C18H19N3O3. The van der Waals surface area contributed by atoms with Crippen LogP contribution in [-0.4, -0.2) is 32.2 Å². The van der Waals surface area contributed by atoms with Crippen LogP contribution in [0.3, 0.4) is 0 Å². The molecule has 6 heteroatoms. The van der Waals surface area contributed by atoms with Crippen molar-refractivity contribution in [2.75, 3.05) is 24.4 Å². The number of carbonyl (C=O) groups excluding carboxylic acids is 2. The number of oxime groups is 1. The van der Waals surface area contributed by atoms with Crippen LogP contribution in [-0.2, 0) is 9.63 Å². The van der Waals surface area contributed by atoms with Crippen molar-refractivity contribution < 1.29 is 14.4 Å². The van der Waals surface area contributed by atoms with E-state index in [0.29, 0.717) is 11.3 Å². The molecule has 2 aromatic carbocycles. The van der Waals surface area contributed by atoms with Crippen LogP contribution in [0.2, 0.25) is 0 Å². The Balaban J connectivity index is 2.04. The molecule has 0 saturated heterocycles. The fourth-order valence-corrected chi connectivity index (χ4v) is 1.99. The van der Waals surface area contributed by atoms with Gasteiger partial charge in [-0.15, -0.1) is 0 Å². The number of anilines is 2. The van der Waals surface area contributed by atoms with Crippen LogP contribution in [0.15, 0.2) is 53.7 Å². The number of nitrogens with one attached hydrogen (secondary N) is 1. The number of carbonyl (C=O) groups is 2. The summed E-state index contributed by atoms with van der Waals surface area (Å²) in [5.74, 6) is -0.262. The van der Waals surface area contributed by atoms with Gasteiger partial charge in [-0.1, -0.05) is 17.3 Å². The second kappa shape index (κ2) is 7.92. The predicted octanol–water partition coefficient (Wildman–Crippen LogP) is 2.90. The highest BCUT2D eigenvalue weighted by Crippen LogP contribution is 2.17. The Labute approximate surface area is 140 Å². The number of rotatable bonds is 5. The van der Waals surface area contributed by atoms with Gasteiger partial charge in [-0.3, -0.25) is 9.59 Å². The molecule has 0 unspecified atom stereocenters. The van der Waals surface area contributed by atoms with Gasteiger partial charge in [0.25, 0.3) is 5.91 Å². The van der Waals surface area contributed by atoms with Crippen molar-refractivity contribution in [2.24, 2.45) is 5.16 Å². The molecule has 1 N–H and O–H groups in total. The number of nitrogens with zero attached hydrogens (tertiary/aromatic N) is 2. The molecule has 0 radical (unpaired) electrons. The molecule has 2 aromatic rings. The Morgan fingerprint density at radius 3 is 2.25 bits per heavy atom. The number of benzene rings is 2. The molecule has 2 amide bonds. The zero-order valence-corrected chi connectivity index (χ0v) is 13.8. The molecule has 0 aliphatic heterocycles. The third-order valence-corrected chi connectivity index (χ3v) is 3.46. The Hall–Kier alpha value is -3.15. The van der Waals surface area contributed by atoms with Gasteiger partial charge in [0.1, 0.15) is 7.11 Å². The van der Waals surface area contributed by atoms with Gasteiger partial charge in [0, 0.05) is 30.9 Å². The first-order valence-electron chi connectivity index (χ1n) is 7.33. The molecule has 0 aromatic heterocycles. The second-order valence-corrected chi connectivity index (χ2v) is 5.12. The Kier molecular flexibility index (Phi) is 5.68.